The Labute approximate surface area is 207 Å². The third-order valence-electron chi connectivity index (χ3n) is 6.60. The Morgan fingerprint density at radius 1 is 1.26 bits per heavy atom. The Bertz CT molecular complexity index is 1120. The Morgan fingerprint density at radius 3 is 2.97 bits per heavy atom. The molecule has 0 saturated heterocycles. The molecule has 4 rings (SSSR count). The van der Waals surface area contributed by atoms with Crippen LogP contribution in [-0.2, 0) is 9.53 Å². The maximum absolute atomic E-state index is 11.7. The highest BCUT2D eigenvalue weighted by molar-refractivity contribution is 6.07. The summed E-state index contributed by atoms with van der Waals surface area (Å²) in [4.78, 5) is 16.4. The highest BCUT2D eigenvalue weighted by Crippen LogP contribution is 2.30. The van der Waals surface area contributed by atoms with Gasteiger partial charge in [0.15, 0.2) is 5.58 Å². The lowest BCUT2D eigenvalue weighted by Crippen LogP contribution is -2.34. The van der Waals surface area contributed by atoms with E-state index in [9.17, 15) is 4.79 Å². The number of carbonyl (C=O) groups excluding carboxylic acids is 1. The lowest BCUT2D eigenvalue weighted by Gasteiger charge is -2.21. The predicted octanol–water partition coefficient (Wildman–Crippen LogP) is 4.13. The molecule has 1 aliphatic heterocycles. The van der Waals surface area contributed by atoms with E-state index in [0.29, 0.717) is 25.0 Å². The fraction of sp³-hybridized carbons (Fsp3) is 0.519. The van der Waals surface area contributed by atoms with Gasteiger partial charge in [-0.15, -0.1) is 0 Å². The van der Waals surface area contributed by atoms with Crippen LogP contribution in [0.25, 0.3) is 16.7 Å². The summed E-state index contributed by atoms with van der Waals surface area (Å²) >= 11 is 0. The molecule has 188 valence electrons. The van der Waals surface area contributed by atoms with E-state index in [1.54, 1.807) is 0 Å². The Morgan fingerprint density at radius 2 is 2.14 bits per heavy atom. The Balaban J connectivity index is 1.35. The van der Waals surface area contributed by atoms with Crippen LogP contribution in [0.2, 0.25) is 0 Å². The van der Waals surface area contributed by atoms with Gasteiger partial charge in [-0.05, 0) is 56.9 Å². The molecule has 2 heterocycles. The highest BCUT2D eigenvalue weighted by Gasteiger charge is 2.25. The summed E-state index contributed by atoms with van der Waals surface area (Å²) < 4.78 is 12.1. The maximum Gasteiger partial charge on any atom is 0.240 e. The fourth-order valence-electron chi connectivity index (χ4n) is 4.30. The molecule has 35 heavy (non-hydrogen) atoms. The molecule has 8 heteroatoms. The van der Waals surface area contributed by atoms with Crippen LogP contribution >= 0.6 is 0 Å². The van der Waals surface area contributed by atoms with Gasteiger partial charge in [-0.2, -0.15) is 5.10 Å². The molecule has 2 unspecified atom stereocenters. The van der Waals surface area contributed by atoms with E-state index in [1.807, 2.05) is 24.3 Å². The maximum atomic E-state index is 11.7. The third-order valence-corrected chi connectivity index (χ3v) is 6.60. The second-order valence-electron chi connectivity index (χ2n) is 9.22. The third kappa shape index (κ3) is 6.58. The number of nitrogens with zero attached hydrogens (tertiary/aromatic N) is 2. The Hall–Kier alpha value is -2.97. The van der Waals surface area contributed by atoms with Gasteiger partial charge in [-0.3, -0.25) is 4.79 Å². The molecule has 8 nitrogen and oxygen atoms in total. The van der Waals surface area contributed by atoms with Crippen molar-refractivity contribution in [2.75, 3.05) is 26.2 Å². The predicted molar refractivity (Wildman–Crippen MR) is 139 cm³/mol. The molecule has 2 aromatic rings. The van der Waals surface area contributed by atoms with Crippen molar-refractivity contribution in [1.29, 1.82) is 0 Å². The van der Waals surface area contributed by atoms with Crippen LogP contribution in [0.3, 0.4) is 0 Å². The van der Waals surface area contributed by atoms with E-state index >= 15 is 0 Å². The minimum absolute atomic E-state index is 0.0339. The molecule has 2 aliphatic rings. The van der Waals surface area contributed by atoms with Crippen LogP contribution in [0, 0.1) is 5.92 Å². The molecule has 0 fully saturated rings. The molecule has 0 radical (unpaired) electrons. The molecule has 2 atom stereocenters. The number of hydrogen-bond acceptors (Lipinski definition) is 7. The van der Waals surface area contributed by atoms with Crippen LogP contribution in [0.1, 0.15) is 64.3 Å². The van der Waals surface area contributed by atoms with Crippen LogP contribution in [0.15, 0.2) is 45.6 Å². The first-order chi connectivity index (χ1) is 17.1. The van der Waals surface area contributed by atoms with Crippen LogP contribution in [0.5, 0.6) is 0 Å². The van der Waals surface area contributed by atoms with Gasteiger partial charge in [0.2, 0.25) is 11.8 Å². The van der Waals surface area contributed by atoms with E-state index < -0.39 is 0 Å². The van der Waals surface area contributed by atoms with E-state index in [1.165, 1.54) is 0 Å². The van der Waals surface area contributed by atoms with Crippen molar-refractivity contribution >= 4 is 28.3 Å². The summed E-state index contributed by atoms with van der Waals surface area (Å²) in [5, 5.41) is 11.2. The molecule has 1 aromatic heterocycles. The molecule has 0 saturated carbocycles. The quantitative estimate of drug-likeness (QED) is 0.396. The first-order valence-electron chi connectivity index (χ1n) is 12.8. The van der Waals surface area contributed by atoms with Gasteiger partial charge >= 0.3 is 0 Å². The number of benzene rings is 1. The lowest BCUT2D eigenvalue weighted by molar-refractivity contribution is -0.122. The first kappa shape index (κ1) is 25.1. The van der Waals surface area contributed by atoms with E-state index in [-0.39, 0.29) is 11.8 Å². The van der Waals surface area contributed by atoms with E-state index in [0.717, 1.165) is 79.0 Å². The number of hydrogen-bond donors (Lipinski definition) is 3. The zero-order valence-electron chi connectivity index (χ0n) is 21.0. The molecule has 1 amide bonds. The average molecular weight is 480 g/mol. The van der Waals surface area contributed by atoms with Crippen molar-refractivity contribution in [1.82, 2.24) is 21.0 Å². The van der Waals surface area contributed by atoms with Crippen molar-refractivity contribution in [3.63, 3.8) is 0 Å². The Kier molecular flexibility index (Phi) is 8.71. The van der Waals surface area contributed by atoms with Crippen molar-refractivity contribution < 1.29 is 13.9 Å². The molecule has 0 bridgehead atoms. The number of carbonyl (C=O) groups is 1. The number of aromatic nitrogens is 1. The summed E-state index contributed by atoms with van der Waals surface area (Å²) in [6.45, 7) is 9.77. The monoisotopic (exact) mass is 479 g/mol. The van der Waals surface area contributed by atoms with Crippen LogP contribution < -0.4 is 16.1 Å². The van der Waals surface area contributed by atoms with Crippen molar-refractivity contribution in [2.24, 2.45) is 11.0 Å². The zero-order valence-corrected chi connectivity index (χ0v) is 21.0. The fourth-order valence-corrected chi connectivity index (χ4v) is 4.30. The minimum atomic E-state index is -0.0339. The van der Waals surface area contributed by atoms with Crippen molar-refractivity contribution in [3.8, 4) is 0 Å². The largest absolute Gasteiger partial charge is 0.493 e. The van der Waals surface area contributed by atoms with E-state index in [4.69, 9.17) is 14.1 Å². The molecule has 1 aromatic carbocycles. The highest BCUT2D eigenvalue weighted by atomic mass is 16.5. The lowest BCUT2D eigenvalue weighted by atomic mass is 9.90. The van der Waals surface area contributed by atoms with Gasteiger partial charge in [0.1, 0.15) is 17.9 Å². The number of amides is 1. The SMILES string of the molecule is CCC(C)NCCNCCOC1=CCCC(c2nc3ccc(C4=NNC(=O)CC4CC)cc3o2)=C1. The van der Waals surface area contributed by atoms with Gasteiger partial charge in [0.25, 0.3) is 0 Å². The van der Waals surface area contributed by atoms with Gasteiger partial charge in [-0.1, -0.05) is 19.9 Å². The van der Waals surface area contributed by atoms with Gasteiger partial charge in [-0.25, -0.2) is 10.4 Å². The topological polar surface area (TPSA) is 101 Å². The van der Waals surface area contributed by atoms with Gasteiger partial charge in [0, 0.05) is 49.2 Å². The number of hydrazone groups is 1. The number of nitrogens with one attached hydrogen (secondary N) is 3. The number of fused-ring (bicyclic) bond motifs is 1. The molecular formula is C27H37N5O3. The van der Waals surface area contributed by atoms with E-state index in [2.05, 4.69) is 48.0 Å². The smallest absolute Gasteiger partial charge is 0.240 e. The second-order valence-corrected chi connectivity index (χ2v) is 9.22. The molecule has 0 spiro atoms. The number of oxazole rings is 1. The molecule has 3 N–H and O–H groups in total. The van der Waals surface area contributed by atoms with Crippen molar-refractivity contribution in [3.05, 3.63) is 47.6 Å². The van der Waals surface area contributed by atoms with Crippen molar-refractivity contribution in [2.45, 2.75) is 58.9 Å². The number of allylic oxidation sites excluding steroid dienone is 3. The summed E-state index contributed by atoms with van der Waals surface area (Å²) in [6, 6.07) is 6.49. The summed E-state index contributed by atoms with van der Waals surface area (Å²) in [5.74, 6) is 1.58. The second kappa shape index (κ2) is 12.1. The summed E-state index contributed by atoms with van der Waals surface area (Å²) in [5.41, 5.74) is 7.04. The molecule has 1 aliphatic carbocycles. The summed E-state index contributed by atoms with van der Waals surface area (Å²) in [6.07, 6.45) is 8.37. The van der Waals surface area contributed by atoms with Gasteiger partial charge in [0.05, 0.1) is 5.71 Å². The first-order valence-corrected chi connectivity index (χ1v) is 12.8. The molecular weight excluding hydrogens is 442 g/mol. The minimum Gasteiger partial charge on any atom is -0.493 e. The normalized spacial score (nSPS) is 19.1. The number of rotatable bonds is 12. The zero-order chi connectivity index (χ0) is 24.6. The standard InChI is InChI=1S/C27H37N5O3/c1-4-18(3)29-12-11-28-13-14-34-22-8-6-7-21(15-22)27-30-23-10-9-20(16-24(23)35-27)26-19(5-2)17-25(33)31-32-26/h8-10,15-16,18-19,28-29H,4-7,11-14,17H2,1-3H3,(H,31,33). The number of ether oxygens (including phenoxy) is 1. The van der Waals surface area contributed by atoms with Gasteiger partial charge < -0.3 is 19.8 Å². The van der Waals surface area contributed by atoms with Crippen LogP contribution in [-0.4, -0.2) is 48.9 Å². The summed E-state index contributed by atoms with van der Waals surface area (Å²) in [7, 11) is 0. The van der Waals surface area contributed by atoms with Crippen LogP contribution in [0.4, 0.5) is 0 Å². The average Bonchev–Trinajstić information content (AvgIpc) is 3.31.